The Hall–Kier alpha value is -3.97. The van der Waals surface area contributed by atoms with E-state index in [9.17, 15) is 14.4 Å². The van der Waals surface area contributed by atoms with E-state index in [1.54, 1.807) is 43.5 Å². The Kier molecular flexibility index (Phi) is 6.82. The van der Waals surface area contributed by atoms with Gasteiger partial charge in [0, 0.05) is 38.3 Å². The van der Waals surface area contributed by atoms with E-state index in [-0.39, 0.29) is 24.3 Å². The van der Waals surface area contributed by atoms with Crippen LogP contribution < -0.4 is 4.74 Å². The molecule has 3 amide bonds. The second kappa shape index (κ2) is 10.3. The normalized spacial score (nSPS) is 15.8. The summed E-state index contributed by atoms with van der Waals surface area (Å²) < 4.78 is 5.21. The summed E-state index contributed by atoms with van der Waals surface area (Å²) in [5.41, 5.74) is 3.59. The van der Waals surface area contributed by atoms with Gasteiger partial charge in [-0.3, -0.25) is 24.2 Å². The largest absolute Gasteiger partial charge is 0.497 e. The molecule has 3 aromatic carbocycles. The van der Waals surface area contributed by atoms with Crippen LogP contribution in [0.4, 0.5) is 0 Å². The van der Waals surface area contributed by atoms with E-state index in [1.165, 1.54) is 10.5 Å². The monoisotopic (exact) mass is 483 g/mol. The van der Waals surface area contributed by atoms with Gasteiger partial charge in [-0.25, -0.2) is 0 Å². The van der Waals surface area contributed by atoms with Crippen LogP contribution in [-0.4, -0.2) is 72.3 Å². The number of amides is 3. The van der Waals surface area contributed by atoms with E-state index >= 15 is 0 Å². The maximum atomic E-state index is 13.0. The first-order chi connectivity index (χ1) is 17.5. The highest BCUT2D eigenvalue weighted by Gasteiger charge is 2.35. The van der Waals surface area contributed by atoms with Crippen molar-refractivity contribution >= 4 is 17.7 Å². The minimum atomic E-state index is -0.277. The fourth-order valence-electron chi connectivity index (χ4n) is 4.75. The van der Waals surface area contributed by atoms with Crippen molar-refractivity contribution < 1.29 is 19.1 Å². The highest BCUT2D eigenvalue weighted by molar-refractivity contribution is 6.21. The molecule has 2 aliphatic rings. The summed E-state index contributed by atoms with van der Waals surface area (Å²) in [4.78, 5) is 43.8. The van der Waals surface area contributed by atoms with Crippen LogP contribution in [0.3, 0.4) is 0 Å². The Labute approximate surface area is 210 Å². The number of piperazine rings is 1. The summed E-state index contributed by atoms with van der Waals surface area (Å²) >= 11 is 0. The molecule has 0 aliphatic carbocycles. The molecule has 0 unspecified atom stereocenters. The summed E-state index contributed by atoms with van der Waals surface area (Å²) in [7, 11) is 1.67. The molecular formula is C29H29N3O4. The van der Waals surface area contributed by atoms with Gasteiger partial charge in [-0.15, -0.1) is 0 Å². The first-order valence-corrected chi connectivity index (χ1v) is 12.2. The molecule has 184 valence electrons. The van der Waals surface area contributed by atoms with E-state index in [2.05, 4.69) is 17.0 Å². The van der Waals surface area contributed by atoms with Gasteiger partial charge < -0.3 is 9.64 Å². The third-order valence-corrected chi connectivity index (χ3v) is 6.96. The summed E-state index contributed by atoms with van der Waals surface area (Å²) in [6.07, 6.45) is 0.965. The van der Waals surface area contributed by atoms with Crippen molar-refractivity contribution in [2.45, 2.75) is 13.0 Å². The molecule has 2 aliphatic heterocycles. The van der Waals surface area contributed by atoms with Gasteiger partial charge in [-0.2, -0.15) is 0 Å². The second-order valence-corrected chi connectivity index (χ2v) is 9.17. The average molecular weight is 484 g/mol. The summed E-state index contributed by atoms with van der Waals surface area (Å²) in [5, 5.41) is 0. The second-order valence-electron chi connectivity index (χ2n) is 9.17. The molecule has 0 N–H and O–H groups in total. The summed E-state index contributed by atoms with van der Waals surface area (Å²) in [5.74, 6) is 0.320. The Morgan fingerprint density at radius 1 is 0.778 bits per heavy atom. The molecule has 5 rings (SSSR count). The Morgan fingerprint density at radius 2 is 1.36 bits per heavy atom. The van der Waals surface area contributed by atoms with Gasteiger partial charge in [0.2, 0.25) is 0 Å². The van der Waals surface area contributed by atoms with Gasteiger partial charge in [-0.05, 0) is 53.9 Å². The fourth-order valence-corrected chi connectivity index (χ4v) is 4.75. The van der Waals surface area contributed by atoms with Crippen molar-refractivity contribution in [2.75, 3.05) is 39.8 Å². The van der Waals surface area contributed by atoms with Crippen LogP contribution in [0.25, 0.3) is 0 Å². The summed E-state index contributed by atoms with van der Waals surface area (Å²) in [6.45, 7) is 4.23. The van der Waals surface area contributed by atoms with Crippen LogP contribution in [0.2, 0.25) is 0 Å². The van der Waals surface area contributed by atoms with Crippen molar-refractivity contribution in [2.24, 2.45) is 0 Å². The minimum absolute atomic E-state index is 0.0112. The summed E-state index contributed by atoms with van der Waals surface area (Å²) in [6, 6.07) is 22.2. The molecule has 2 heterocycles. The molecule has 7 heteroatoms. The number of ether oxygens (including phenoxy) is 1. The minimum Gasteiger partial charge on any atom is -0.497 e. The van der Waals surface area contributed by atoms with Crippen molar-refractivity contribution in [1.82, 2.24) is 14.7 Å². The number of fused-ring (bicyclic) bond motifs is 1. The molecule has 0 radical (unpaired) electrons. The lowest BCUT2D eigenvalue weighted by Gasteiger charge is -2.34. The van der Waals surface area contributed by atoms with E-state index in [1.807, 2.05) is 29.2 Å². The first kappa shape index (κ1) is 23.8. The van der Waals surface area contributed by atoms with Crippen LogP contribution >= 0.6 is 0 Å². The van der Waals surface area contributed by atoms with Crippen molar-refractivity contribution in [3.05, 3.63) is 101 Å². The van der Waals surface area contributed by atoms with Crippen LogP contribution in [-0.2, 0) is 13.0 Å². The number of nitrogens with zero attached hydrogens (tertiary/aromatic N) is 3. The van der Waals surface area contributed by atoms with Crippen molar-refractivity contribution in [1.29, 1.82) is 0 Å². The molecule has 36 heavy (non-hydrogen) atoms. The van der Waals surface area contributed by atoms with E-state index in [4.69, 9.17) is 4.74 Å². The SMILES string of the molecule is COc1ccc(CCN2CCN(C(=O)c3ccc(CN4C(=O)c5ccccc5C4=O)cc3)CC2)cc1. The van der Waals surface area contributed by atoms with Gasteiger partial charge in [-0.1, -0.05) is 36.4 Å². The number of hydrogen-bond donors (Lipinski definition) is 0. The molecule has 0 spiro atoms. The predicted molar refractivity (Wildman–Crippen MR) is 136 cm³/mol. The third kappa shape index (κ3) is 4.88. The zero-order chi connectivity index (χ0) is 25.1. The van der Waals surface area contributed by atoms with E-state index in [0.29, 0.717) is 29.8 Å². The predicted octanol–water partition coefficient (Wildman–Crippen LogP) is 3.49. The Balaban J connectivity index is 1.12. The van der Waals surface area contributed by atoms with E-state index in [0.717, 1.165) is 37.4 Å². The Morgan fingerprint density at radius 3 is 1.94 bits per heavy atom. The van der Waals surface area contributed by atoms with E-state index < -0.39 is 0 Å². The molecule has 3 aromatic rings. The van der Waals surface area contributed by atoms with Gasteiger partial charge in [0.05, 0.1) is 24.8 Å². The lowest BCUT2D eigenvalue weighted by atomic mass is 10.1. The van der Waals surface area contributed by atoms with Gasteiger partial charge in [0.1, 0.15) is 5.75 Å². The Bertz CT molecular complexity index is 1230. The van der Waals surface area contributed by atoms with Crippen LogP contribution in [0, 0.1) is 0 Å². The molecule has 0 bridgehead atoms. The quantitative estimate of drug-likeness (QED) is 0.481. The number of imide groups is 1. The van der Waals surface area contributed by atoms with Crippen LogP contribution in [0.15, 0.2) is 72.8 Å². The standard InChI is InChI=1S/C29H29N3O4/c1-36-24-12-8-21(9-13-24)14-15-30-16-18-31(19-17-30)27(33)23-10-6-22(7-11-23)20-32-28(34)25-4-2-3-5-26(25)29(32)35/h2-13H,14-20H2,1H3. The van der Waals surface area contributed by atoms with Crippen LogP contribution in [0.1, 0.15) is 42.2 Å². The van der Waals surface area contributed by atoms with Gasteiger partial charge >= 0.3 is 0 Å². The highest BCUT2D eigenvalue weighted by Crippen LogP contribution is 2.24. The molecule has 1 saturated heterocycles. The van der Waals surface area contributed by atoms with Crippen molar-refractivity contribution in [3.63, 3.8) is 0 Å². The number of carbonyl (C=O) groups is 3. The molecule has 0 aromatic heterocycles. The molecule has 7 nitrogen and oxygen atoms in total. The number of carbonyl (C=O) groups excluding carboxylic acids is 3. The molecule has 0 atom stereocenters. The van der Waals surface area contributed by atoms with Crippen LogP contribution in [0.5, 0.6) is 5.75 Å². The smallest absolute Gasteiger partial charge is 0.261 e. The number of methoxy groups -OCH3 is 1. The number of benzene rings is 3. The molecule has 1 fully saturated rings. The topological polar surface area (TPSA) is 70.2 Å². The van der Waals surface area contributed by atoms with Gasteiger partial charge in [0.15, 0.2) is 0 Å². The number of hydrogen-bond acceptors (Lipinski definition) is 5. The fraction of sp³-hybridized carbons (Fsp3) is 0.276. The average Bonchev–Trinajstić information content (AvgIpc) is 3.17. The number of rotatable bonds is 7. The maximum Gasteiger partial charge on any atom is 0.261 e. The lowest BCUT2D eigenvalue weighted by Crippen LogP contribution is -2.49. The zero-order valence-electron chi connectivity index (χ0n) is 20.4. The lowest BCUT2D eigenvalue weighted by molar-refractivity contribution is 0.0628. The zero-order valence-corrected chi connectivity index (χ0v) is 20.4. The molecule has 0 saturated carbocycles. The highest BCUT2D eigenvalue weighted by atomic mass is 16.5. The maximum absolute atomic E-state index is 13.0. The van der Waals surface area contributed by atoms with Crippen molar-refractivity contribution in [3.8, 4) is 5.75 Å². The third-order valence-electron chi connectivity index (χ3n) is 6.96. The van der Waals surface area contributed by atoms with Gasteiger partial charge in [0.25, 0.3) is 17.7 Å². The molecular weight excluding hydrogens is 454 g/mol. The first-order valence-electron chi connectivity index (χ1n) is 12.2.